The number of ether oxygens (including phenoxy) is 1. The molecule has 2 amide bonds. The van der Waals surface area contributed by atoms with Crippen LogP contribution in [0, 0.1) is 5.92 Å². The summed E-state index contributed by atoms with van der Waals surface area (Å²) in [6.07, 6.45) is 1.62. The SMILES string of the molecule is CC(=O)Nc1cccc2c1N(C(=O)C1CCOC1)CC2. The smallest absolute Gasteiger partial charge is 0.232 e. The number of carbonyl (C=O) groups is 2. The van der Waals surface area contributed by atoms with Crippen LogP contribution in [0.3, 0.4) is 0 Å². The van der Waals surface area contributed by atoms with Gasteiger partial charge in [-0.05, 0) is 24.5 Å². The van der Waals surface area contributed by atoms with Crippen molar-refractivity contribution in [3.05, 3.63) is 23.8 Å². The van der Waals surface area contributed by atoms with E-state index < -0.39 is 0 Å². The fourth-order valence-electron chi connectivity index (χ4n) is 2.92. The molecule has 0 bridgehead atoms. The molecule has 2 aliphatic rings. The molecule has 106 valence electrons. The molecule has 0 aromatic heterocycles. The van der Waals surface area contributed by atoms with Gasteiger partial charge in [-0.25, -0.2) is 0 Å². The second-order valence-electron chi connectivity index (χ2n) is 5.29. The number of hydrogen-bond donors (Lipinski definition) is 1. The third kappa shape index (κ3) is 2.29. The van der Waals surface area contributed by atoms with Gasteiger partial charge in [0.25, 0.3) is 0 Å². The van der Waals surface area contributed by atoms with Gasteiger partial charge < -0.3 is 15.0 Å². The summed E-state index contributed by atoms with van der Waals surface area (Å²) in [5.41, 5.74) is 2.70. The molecule has 2 aliphatic heterocycles. The highest BCUT2D eigenvalue weighted by Crippen LogP contribution is 2.37. The minimum absolute atomic E-state index is 0.0497. The quantitative estimate of drug-likeness (QED) is 0.890. The van der Waals surface area contributed by atoms with Crippen LogP contribution in [-0.2, 0) is 20.7 Å². The number of benzene rings is 1. The van der Waals surface area contributed by atoms with Crippen LogP contribution >= 0.6 is 0 Å². The lowest BCUT2D eigenvalue weighted by atomic mass is 10.1. The summed E-state index contributed by atoms with van der Waals surface area (Å²) < 4.78 is 5.30. The Hall–Kier alpha value is -1.88. The second kappa shape index (κ2) is 5.25. The topological polar surface area (TPSA) is 58.6 Å². The Labute approximate surface area is 117 Å². The number of nitrogens with one attached hydrogen (secondary N) is 1. The van der Waals surface area contributed by atoms with Gasteiger partial charge in [-0.2, -0.15) is 0 Å². The van der Waals surface area contributed by atoms with Gasteiger partial charge in [0.15, 0.2) is 0 Å². The van der Waals surface area contributed by atoms with E-state index in [4.69, 9.17) is 4.74 Å². The Morgan fingerprint density at radius 1 is 1.40 bits per heavy atom. The molecule has 20 heavy (non-hydrogen) atoms. The van der Waals surface area contributed by atoms with Crippen molar-refractivity contribution in [1.82, 2.24) is 0 Å². The molecule has 1 fully saturated rings. The lowest BCUT2D eigenvalue weighted by Gasteiger charge is -2.23. The van der Waals surface area contributed by atoms with E-state index >= 15 is 0 Å². The molecule has 1 aromatic carbocycles. The van der Waals surface area contributed by atoms with Gasteiger partial charge in [0.05, 0.1) is 23.9 Å². The van der Waals surface area contributed by atoms with Gasteiger partial charge in [0.1, 0.15) is 0 Å². The van der Waals surface area contributed by atoms with Crippen molar-refractivity contribution in [2.75, 3.05) is 30.0 Å². The van der Waals surface area contributed by atoms with E-state index in [-0.39, 0.29) is 17.7 Å². The maximum Gasteiger partial charge on any atom is 0.232 e. The number of para-hydroxylation sites is 1. The largest absolute Gasteiger partial charge is 0.381 e. The minimum atomic E-state index is -0.123. The lowest BCUT2D eigenvalue weighted by molar-refractivity contribution is -0.122. The zero-order chi connectivity index (χ0) is 14.1. The van der Waals surface area contributed by atoms with Crippen LogP contribution in [-0.4, -0.2) is 31.6 Å². The second-order valence-corrected chi connectivity index (χ2v) is 5.29. The fraction of sp³-hybridized carbons (Fsp3) is 0.467. The number of hydrogen-bond acceptors (Lipinski definition) is 3. The minimum Gasteiger partial charge on any atom is -0.381 e. The first-order valence-corrected chi connectivity index (χ1v) is 6.95. The van der Waals surface area contributed by atoms with E-state index in [1.54, 1.807) is 4.90 Å². The van der Waals surface area contributed by atoms with Crippen LogP contribution in [0.4, 0.5) is 11.4 Å². The first-order valence-electron chi connectivity index (χ1n) is 6.95. The Bertz CT molecular complexity index is 550. The van der Waals surface area contributed by atoms with Gasteiger partial charge in [-0.3, -0.25) is 9.59 Å². The van der Waals surface area contributed by atoms with Gasteiger partial charge in [-0.15, -0.1) is 0 Å². The molecule has 5 nitrogen and oxygen atoms in total. The molecule has 0 radical (unpaired) electrons. The Morgan fingerprint density at radius 2 is 2.25 bits per heavy atom. The van der Waals surface area contributed by atoms with Crippen LogP contribution in [0.25, 0.3) is 0 Å². The average molecular weight is 274 g/mol. The molecule has 1 atom stereocenters. The van der Waals surface area contributed by atoms with Crippen molar-refractivity contribution in [2.45, 2.75) is 19.8 Å². The number of nitrogens with zero attached hydrogens (tertiary/aromatic N) is 1. The van der Waals surface area contributed by atoms with Crippen molar-refractivity contribution in [2.24, 2.45) is 5.92 Å². The molecule has 1 aromatic rings. The molecule has 0 aliphatic carbocycles. The van der Waals surface area contributed by atoms with Crippen molar-refractivity contribution in [3.63, 3.8) is 0 Å². The maximum absolute atomic E-state index is 12.6. The molecule has 1 unspecified atom stereocenters. The van der Waals surface area contributed by atoms with Crippen molar-refractivity contribution < 1.29 is 14.3 Å². The summed E-state index contributed by atoms with van der Waals surface area (Å²) in [4.78, 5) is 25.7. The predicted octanol–water partition coefficient (Wildman–Crippen LogP) is 1.57. The monoisotopic (exact) mass is 274 g/mol. The first kappa shape index (κ1) is 13.1. The molecule has 1 N–H and O–H groups in total. The van der Waals surface area contributed by atoms with Crippen molar-refractivity contribution in [3.8, 4) is 0 Å². The molecular formula is C15H18N2O3. The molecule has 1 saturated heterocycles. The zero-order valence-electron chi connectivity index (χ0n) is 11.5. The third-order valence-electron chi connectivity index (χ3n) is 3.85. The van der Waals surface area contributed by atoms with Gasteiger partial charge >= 0.3 is 0 Å². The predicted molar refractivity (Wildman–Crippen MR) is 75.7 cm³/mol. The van der Waals surface area contributed by atoms with Gasteiger partial charge in [0.2, 0.25) is 11.8 Å². The molecular weight excluding hydrogens is 256 g/mol. The Kier molecular flexibility index (Phi) is 3.44. The van der Waals surface area contributed by atoms with E-state index in [9.17, 15) is 9.59 Å². The summed E-state index contributed by atoms with van der Waals surface area (Å²) >= 11 is 0. The highest BCUT2D eigenvalue weighted by molar-refractivity contribution is 6.03. The van der Waals surface area contributed by atoms with Crippen molar-refractivity contribution >= 4 is 23.2 Å². The summed E-state index contributed by atoms with van der Waals surface area (Å²) in [7, 11) is 0. The van der Waals surface area contributed by atoms with E-state index in [1.807, 2.05) is 18.2 Å². The van der Waals surface area contributed by atoms with Gasteiger partial charge in [-0.1, -0.05) is 12.1 Å². The lowest BCUT2D eigenvalue weighted by Crippen LogP contribution is -2.35. The molecule has 3 rings (SSSR count). The average Bonchev–Trinajstić information content (AvgIpc) is 3.07. The summed E-state index contributed by atoms with van der Waals surface area (Å²) in [5, 5.41) is 2.82. The fourth-order valence-corrected chi connectivity index (χ4v) is 2.92. The van der Waals surface area contributed by atoms with E-state index in [0.29, 0.717) is 19.8 Å². The number of carbonyl (C=O) groups excluding carboxylic acids is 2. The van der Waals surface area contributed by atoms with E-state index in [0.717, 1.165) is 29.8 Å². The van der Waals surface area contributed by atoms with Crippen LogP contribution in [0.1, 0.15) is 18.9 Å². The summed E-state index contributed by atoms with van der Waals surface area (Å²) in [6.45, 7) is 3.32. The normalized spacial score (nSPS) is 20.9. The highest BCUT2D eigenvalue weighted by atomic mass is 16.5. The standard InChI is InChI=1S/C15H18N2O3/c1-10(18)16-13-4-2-3-11-5-7-17(14(11)13)15(19)12-6-8-20-9-12/h2-4,12H,5-9H2,1H3,(H,16,18). The summed E-state index contributed by atoms with van der Waals surface area (Å²) in [5.74, 6) is -0.0627. The molecule has 5 heteroatoms. The number of fused-ring (bicyclic) bond motifs is 1. The zero-order valence-corrected chi connectivity index (χ0v) is 11.5. The molecule has 0 spiro atoms. The van der Waals surface area contributed by atoms with Crippen LogP contribution < -0.4 is 10.2 Å². The van der Waals surface area contributed by atoms with Crippen molar-refractivity contribution in [1.29, 1.82) is 0 Å². The van der Waals surface area contributed by atoms with E-state index in [2.05, 4.69) is 5.32 Å². The van der Waals surface area contributed by atoms with Crippen LogP contribution in [0.5, 0.6) is 0 Å². The number of rotatable bonds is 2. The Morgan fingerprint density at radius 3 is 2.95 bits per heavy atom. The third-order valence-corrected chi connectivity index (χ3v) is 3.85. The van der Waals surface area contributed by atoms with Crippen LogP contribution in [0.15, 0.2) is 18.2 Å². The molecule has 2 heterocycles. The Balaban J connectivity index is 1.91. The van der Waals surface area contributed by atoms with E-state index in [1.165, 1.54) is 6.92 Å². The molecule has 0 saturated carbocycles. The maximum atomic E-state index is 12.6. The van der Waals surface area contributed by atoms with Gasteiger partial charge in [0, 0.05) is 20.1 Å². The highest BCUT2D eigenvalue weighted by Gasteiger charge is 2.33. The summed E-state index contributed by atoms with van der Waals surface area (Å²) in [6, 6.07) is 5.77. The first-order chi connectivity index (χ1) is 9.66. The van der Waals surface area contributed by atoms with Crippen LogP contribution in [0.2, 0.25) is 0 Å². The number of amides is 2. The number of anilines is 2.